The predicted molar refractivity (Wildman–Crippen MR) is 87.3 cm³/mol. The molecule has 0 aliphatic heterocycles. The molecule has 2 N–H and O–H groups in total. The Bertz CT molecular complexity index is 425. The van der Waals surface area contributed by atoms with Gasteiger partial charge in [-0.25, -0.2) is 0 Å². The molecule has 1 aromatic rings. The van der Waals surface area contributed by atoms with Gasteiger partial charge in [-0.05, 0) is 49.2 Å². The zero-order valence-corrected chi connectivity index (χ0v) is 13.0. The Hall–Kier alpha value is -0.510. The average Bonchev–Trinajstić information content (AvgIpc) is 2.36. The first-order valence-corrected chi connectivity index (χ1v) is 7.81. The molecule has 1 fully saturated rings. The lowest BCUT2D eigenvalue weighted by atomic mass is 9.89. The van der Waals surface area contributed by atoms with E-state index in [2.05, 4.69) is 10.6 Å². The minimum atomic E-state index is 0.602. The highest BCUT2D eigenvalue weighted by Gasteiger charge is 2.13. The van der Waals surface area contributed by atoms with Crippen LogP contribution in [0.3, 0.4) is 0 Å². The van der Waals surface area contributed by atoms with Gasteiger partial charge in [0.05, 0.1) is 0 Å². The molecule has 0 heterocycles. The molecular weight excluding hydrogens is 299 g/mol. The van der Waals surface area contributed by atoms with Crippen molar-refractivity contribution in [3.63, 3.8) is 0 Å². The Morgan fingerprint density at radius 2 is 1.74 bits per heavy atom. The van der Waals surface area contributed by atoms with Gasteiger partial charge in [-0.1, -0.05) is 42.5 Å². The summed E-state index contributed by atoms with van der Waals surface area (Å²) in [6.07, 6.45) is 6.67. The fraction of sp³-hybridized carbons (Fsp3) is 0.500. The van der Waals surface area contributed by atoms with Crippen molar-refractivity contribution >= 4 is 46.2 Å². The minimum Gasteiger partial charge on any atom is -0.362 e. The number of nitrogens with one attached hydrogen (secondary N) is 2. The summed E-state index contributed by atoms with van der Waals surface area (Å²) in [6.45, 7) is 0.945. The highest BCUT2D eigenvalue weighted by atomic mass is 35.5. The monoisotopic (exact) mass is 316 g/mol. The predicted octanol–water partition coefficient (Wildman–Crippen LogP) is 4.86. The third kappa shape index (κ3) is 5.17. The van der Waals surface area contributed by atoms with Gasteiger partial charge >= 0.3 is 0 Å². The van der Waals surface area contributed by atoms with Crippen molar-refractivity contribution in [2.75, 3.05) is 11.9 Å². The smallest absolute Gasteiger partial charge is 0.170 e. The molecule has 0 saturated heterocycles. The summed E-state index contributed by atoms with van der Waals surface area (Å²) in [5.74, 6) is 0.747. The van der Waals surface area contributed by atoms with E-state index < -0.39 is 0 Å². The molecule has 0 unspecified atom stereocenters. The summed E-state index contributed by atoms with van der Waals surface area (Å²) in [5, 5.41) is 8.22. The summed E-state index contributed by atoms with van der Waals surface area (Å²) in [6, 6.07) is 5.32. The summed E-state index contributed by atoms with van der Waals surface area (Å²) in [5.41, 5.74) is 0.818. The van der Waals surface area contributed by atoms with Gasteiger partial charge in [-0.15, -0.1) is 0 Å². The molecule has 0 radical (unpaired) electrons. The molecule has 0 bridgehead atoms. The van der Waals surface area contributed by atoms with E-state index in [1.165, 1.54) is 32.1 Å². The van der Waals surface area contributed by atoms with Gasteiger partial charge in [0.2, 0.25) is 0 Å². The summed E-state index contributed by atoms with van der Waals surface area (Å²) in [7, 11) is 0. The third-order valence-electron chi connectivity index (χ3n) is 3.40. The Morgan fingerprint density at radius 3 is 2.37 bits per heavy atom. The standard InChI is InChI=1S/C14H18Cl2N2S/c15-11-6-12(16)8-13(7-11)18-14(19)17-9-10-4-2-1-3-5-10/h6-8,10H,1-5,9H2,(H2,17,18,19). The van der Waals surface area contributed by atoms with Gasteiger partial charge in [0.1, 0.15) is 0 Å². The zero-order valence-electron chi connectivity index (χ0n) is 10.7. The zero-order chi connectivity index (χ0) is 13.7. The van der Waals surface area contributed by atoms with Gasteiger partial charge in [0.25, 0.3) is 0 Å². The molecule has 0 amide bonds. The molecule has 1 aliphatic rings. The van der Waals surface area contributed by atoms with Crippen LogP contribution in [0.25, 0.3) is 0 Å². The van der Waals surface area contributed by atoms with Crippen molar-refractivity contribution in [2.24, 2.45) is 5.92 Å². The van der Waals surface area contributed by atoms with E-state index in [1.54, 1.807) is 6.07 Å². The third-order valence-corrected chi connectivity index (χ3v) is 4.08. The van der Waals surface area contributed by atoms with Gasteiger partial charge < -0.3 is 10.6 Å². The van der Waals surface area contributed by atoms with Crippen LogP contribution < -0.4 is 10.6 Å². The van der Waals surface area contributed by atoms with Gasteiger partial charge in [0, 0.05) is 22.3 Å². The molecule has 2 rings (SSSR count). The maximum absolute atomic E-state index is 5.94. The van der Waals surface area contributed by atoms with Crippen LogP contribution in [0.4, 0.5) is 5.69 Å². The lowest BCUT2D eigenvalue weighted by molar-refractivity contribution is 0.357. The molecule has 19 heavy (non-hydrogen) atoms. The van der Waals surface area contributed by atoms with Crippen molar-refractivity contribution in [3.8, 4) is 0 Å². The molecule has 2 nitrogen and oxygen atoms in total. The maximum Gasteiger partial charge on any atom is 0.170 e. The van der Waals surface area contributed by atoms with E-state index in [-0.39, 0.29) is 0 Å². The average molecular weight is 317 g/mol. The van der Waals surface area contributed by atoms with Crippen molar-refractivity contribution in [1.29, 1.82) is 0 Å². The van der Waals surface area contributed by atoms with Crippen molar-refractivity contribution in [2.45, 2.75) is 32.1 Å². The Morgan fingerprint density at radius 1 is 1.11 bits per heavy atom. The number of hydrogen-bond donors (Lipinski definition) is 2. The second-order valence-electron chi connectivity index (χ2n) is 5.00. The number of thiocarbonyl (C=S) groups is 1. The van der Waals surface area contributed by atoms with E-state index in [9.17, 15) is 0 Å². The summed E-state index contributed by atoms with van der Waals surface area (Å²) in [4.78, 5) is 0. The molecule has 0 spiro atoms. The quantitative estimate of drug-likeness (QED) is 0.779. The molecule has 1 aromatic carbocycles. The van der Waals surface area contributed by atoms with E-state index in [1.807, 2.05) is 12.1 Å². The fourth-order valence-electron chi connectivity index (χ4n) is 2.43. The highest BCUT2D eigenvalue weighted by Crippen LogP contribution is 2.23. The van der Waals surface area contributed by atoms with Gasteiger partial charge in [-0.3, -0.25) is 0 Å². The van der Waals surface area contributed by atoms with Crippen molar-refractivity contribution < 1.29 is 0 Å². The summed E-state index contributed by atoms with van der Waals surface area (Å²) < 4.78 is 0. The van der Waals surface area contributed by atoms with E-state index in [4.69, 9.17) is 35.4 Å². The van der Waals surface area contributed by atoms with Crippen LogP contribution in [-0.2, 0) is 0 Å². The lowest BCUT2D eigenvalue weighted by Gasteiger charge is -2.22. The normalized spacial score (nSPS) is 16.1. The summed E-state index contributed by atoms with van der Waals surface area (Å²) >= 11 is 17.2. The Kier molecular flexibility index (Phi) is 5.74. The first-order valence-electron chi connectivity index (χ1n) is 6.64. The first kappa shape index (κ1) is 14.9. The molecule has 1 saturated carbocycles. The topological polar surface area (TPSA) is 24.1 Å². The van der Waals surface area contributed by atoms with Gasteiger partial charge in [0.15, 0.2) is 5.11 Å². The largest absolute Gasteiger partial charge is 0.362 e. The molecule has 1 aliphatic carbocycles. The second-order valence-corrected chi connectivity index (χ2v) is 6.28. The van der Waals surface area contributed by atoms with Crippen LogP contribution in [0.2, 0.25) is 10.0 Å². The van der Waals surface area contributed by atoms with Crippen molar-refractivity contribution in [1.82, 2.24) is 5.32 Å². The van der Waals surface area contributed by atoms with Crippen LogP contribution in [0.5, 0.6) is 0 Å². The van der Waals surface area contributed by atoms with E-state index in [0.717, 1.165) is 18.2 Å². The number of rotatable bonds is 3. The van der Waals surface area contributed by atoms with Crippen molar-refractivity contribution in [3.05, 3.63) is 28.2 Å². The maximum atomic E-state index is 5.94. The first-order chi connectivity index (χ1) is 9.13. The number of hydrogen-bond acceptors (Lipinski definition) is 1. The van der Waals surface area contributed by atoms with Crippen LogP contribution in [-0.4, -0.2) is 11.7 Å². The SMILES string of the molecule is S=C(NCC1CCCCC1)Nc1cc(Cl)cc(Cl)c1. The Labute approximate surface area is 129 Å². The number of halogens is 2. The molecule has 0 aromatic heterocycles. The van der Waals surface area contributed by atoms with Crippen LogP contribution in [0.1, 0.15) is 32.1 Å². The number of anilines is 1. The van der Waals surface area contributed by atoms with Crippen LogP contribution >= 0.6 is 35.4 Å². The molecule has 0 atom stereocenters. The minimum absolute atomic E-state index is 0.602. The van der Waals surface area contributed by atoms with E-state index >= 15 is 0 Å². The molecular formula is C14H18Cl2N2S. The molecule has 5 heteroatoms. The highest BCUT2D eigenvalue weighted by molar-refractivity contribution is 7.80. The Balaban J connectivity index is 1.80. The van der Waals surface area contributed by atoms with Crippen LogP contribution in [0, 0.1) is 5.92 Å². The lowest BCUT2D eigenvalue weighted by Crippen LogP contribution is -2.33. The van der Waals surface area contributed by atoms with E-state index in [0.29, 0.717) is 15.2 Å². The second kappa shape index (κ2) is 7.32. The fourth-order valence-corrected chi connectivity index (χ4v) is 3.16. The molecule has 104 valence electrons. The number of benzene rings is 1. The van der Waals surface area contributed by atoms with Crippen LogP contribution in [0.15, 0.2) is 18.2 Å². The van der Waals surface area contributed by atoms with Gasteiger partial charge in [-0.2, -0.15) is 0 Å².